The molecule has 0 radical (unpaired) electrons. The van der Waals surface area contributed by atoms with Gasteiger partial charge < -0.3 is 10.2 Å². The van der Waals surface area contributed by atoms with Crippen LogP contribution >= 0.6 is 0 Å². The maximum atomic E-state index is 13.4. The minimum absolute atomic E-state index is 0.0317. The number of sulfonamides is 1. The Kier molecular flexibility index (Phi) is 5.79. The average Bonchev–Trinajstić information content (AvgIpc) is 3.24. The number of fused-ring (bicyclic) bond motifs is 1. The van der Waals surface area contributed by atoms with Crippen molar-refractivity contribution in [2.45, 2.75) is 76.1 Å². The second-order valence-corrected chi connectivity index (χ2v) is 10.5. The lowest BCUT2D eigenvalue weighted by Crippen LogP contribution is -2.40. The summed E-state index contributed by atoms with van der Waals surface area (Å²) in [7, 11) is -1.53. The molecule has 1 aromatic heterocycles. The number of rotatable bonds is 4. The third-order valence-electron chi connectivity index (χ3n) is 6.57. The molecule has 1 aliphatic carbocycles. The molecule has 3 heterocycles. The Labute approximate surface area is 173 Å². The molecule has 1 atom stereocenters. The van der Waals surface area contributed by atoms with Crippen molar-refractivity contribution in [2.75, 3.05) is 25.5 Å². The Morgan fingerprint density at radius 1 is 1.07 bits per heavy atom. The molecule has 2 aliphatic heterocycles. The summed E-state index contributed by atoms with van der Waals surface area (Å²) in [4.78, 5) is 23.2. The molecule has 2 fully saturated rings. The minimum atomic E-state index is -3.36. The highest BCUT2D eigenvalue weighted by atomic mass is 32.2. The maximum Gasteiger partial charge on any atom is 0.219 e. The van der Waals surface area contributed by atoms with Gasteiger partial charge >= 0.3 is 0 Å². The number of nitrogens with zero attached hydrogens (tertiary/aromatic N) is 4. The van der Waals surface area contributed by atoms with Crippen LogP contribution in [0, 0.1) is 0 Å². The number of hydrogen-bond donors (Lipinski definition) is 1. The summed E-state index contributed by atoms with van der Waals surface area (Å²) >= 11 is 0. The van der Waals surface area contributed by atoms with Gasteiger partial charge in [0, 0.05) is 32.6 Å². The first-order chi connectivity index (χ1) is 13.9. The summed E-state index contributed by atoms with van der Waals surface area (Å²) in [6, 6.07) is -0.313. The Hall–Kier alpha value is -1.74. The summed E-state index contributed by atoms with van der Waals surface area (Å²) in [5, 5.41) is 2.89. The van der Waals surface area contributed by atoms with Gasteiger partial charge in [0.15, 0.2) is 0 Å². The standard InChI is InChI=1S/C20H31N5O3S/c1-14(26)24-12-10-16-17(13-24)22-20(23-19(16)21-2)18-9-6-11-25(18)29(27,28)15-7-4-3-5-8-15/h15,18H,3-13H2,1-2H3,(H,21,22,23)/t18-/m0/s1. The number of nitrogens with one attached hydrogen (secondary N) is 1. The van der Waals surface area contributed by atoms with Crippen molar-refractivity contribution in [2.24, 2.45) is 0 Å². The van der Waals surface area contributed by atoms with Gasteiger partial charge in [-0.3, -0.25) is 4.79 Å². The molecule has 29 heavy (non-hydrogen) atoms. The summed E-state index contributed by atoms with van der Waals surface area (Å²) in [5.74, 6) is 1.36. The summed E-state index contributed by atoms with van der Waals surface area (Å²) < 4.78 is 28.4. The average molecular weight is 422 g/mol. The van der Waals surface area contributed by atoms with Crippen LogP contribution in [0.3, 0.4) is 0 Å². The van der Waals surface area contributed by atoms with E-state index in [1.807, 2.05) is 7.05 Å². The molecule has 1 saturated heterocycles. The first kappa shape index (κ1) is 20.5. The number of amides is 1. The number of carbonyl (C=O) groups excluding carboxylic acids is 1. The molecule has 4 rings (SSSR count). The van der Waals surface area contributed by atoms with Gasteiger partial charge in [0.1, 0.15) is 11.6 Å². The van der Waals surface area contributed by atoms with E-state index in [4.69, 9.17) is 9.97 Å². The SMILES string of the molecule is CNc1nc([C@@H]2CCCN2S(=O)(=O)C2CCCCC2)nc2c1CCN(C(C)=O)C2. The topological polar surface area (TPSA) is 95.5 Å². The van der Waals surface area contributed by atoms with Crippen molar-refractivity contribution < 1.29 is 13.2 Å². The summed E-state index contributed by atoms with van der Waals surface area (Å²) in [6.07, 6.45) is 6.89. The Balaban J connectivity index is 1.66. The quantitative estimate of drug-likeness (QED) is 0.801. The number of hydrogen-bond acceptors (Lipinski definition) is 6. The van der Waals surface area contributed by atoms with Crippen molar-refractivity contribution in [1.29, 1.82) is 0 Å². The Morgan fingerprint density at radius 3 is 2.52 bits per heavy atom. The smallest absolute Gasteiger partial charge is 0.219 e. The van der Waals surface area contributed by atoms with Crippen LogP contribution in [0.15, 0.2) is 0 Å². The number of carbonyl (C=O) groups is 1. The largest absolute Gasteiger partial charge is 0.373 e. The zero-order valence-corrected chi connectivity index (χ0v) is 18.2. The van der Waals surface area contributed by atoms with E-state index < -0.39 is 10.0 Å². The summed E-state index contributed by atoms with van der Waals surface area (Å²) in [6.45, 7) is 3.22. The fraction of sp³-hybridized carbons (Fsp3) is 0.750. The molecule has 3 aliphatic rings. The molecule has 1 saturated carbocycles. The molecule has 9 heteroatoms. The van der Waals surface area contributed by atoms with Gasteiger partial charge in [-0.25, -0.2) is 18.4 Å². The van der Waals surface area contributed by atoms with Crippen LogP contribution in [-0.2, 0) is 27.8 Å². The van der Waals surface area contributed by atoms with Crippen molar-refractivity contribution in [3.05, 3.63) is 17.1 Å². The van der Waals surface area contributed by atoms with E-state index in [2.05, 4.69) is 5.32 Å². The fourth-order valence-corrected chi connectivity index (χ4v) is 7.18. The van der Waals surface area contributed by atoms with E-state index in [0.717, 1.165) is 62.0 Å². The highest BCUT2D eigenvalue weighted by Gasteiger charge is 2.42. The van der Waals surface area contributed by atoms with Crippen LogP contribution in [-0.4, -0.2) is 58.9 Å². The first-order valence-electron chi connectivity index (χ1n) is 10.8. The van der Waals surface area contributed by atoms with E-state index >= 15 is 0 Å². The molecule has 1 N–H and O–H groups in total. The number of aromatic nitrogens is 2. The zero-order valence-electron chi connectivity index (χ0n) is 17.4. The fourth-order valence-electron chi connectivity index (χ4n) is 4.93. The molecule has 1 amide bonds. The Bertz CT molecular complexity index is 882. The van der Waals surface area contributed by atoms with E-state index in [0.29, 0.717) is 31.9 Å². The predicted octanol–water partition coefficient (Wildman–Crippen LogP) is 2.22. The molecular formula is C20H31N5O3S. The van der Waals surface area contributed by atoms with Crippen molar-refractivity contribution in [1.82, 2.24) is 19.2 Å². The molecule has 0 aromatic carbocycles. The first-order valence-corrected chi connectivity index (χ1v) is 12.3. The third kappa shape index (κ3) is 3.86. The predicted molar refractivity (Wildman–Crippen MR) is 111 cm³/mol. The lowest BCUT2D eigenvalue weighted by Gasteiger charge is -2.32. The van der Waals surface area contributed by atoms with E-state index in [9.17, 15) is 13.2 Å². The molecular weight excluding hydrogens is 390 g/mol. The second kappa shape index (κ2) is 8.18. The molecule has 1 aromatic rings. The van der Waals surface area contributed by atoms with Crippen LogP contribution in [0.4, 0.5) is 5.82 Å². The van der Waals surface area contributed by atoms with Crippen LogP contribution in [0.5, 0.6) is 0 Å². The maximum absolute atomic E-state index is 13.4. The van der Waals surface area contributed by atoms with Crippen molar-refractivity contribution in [3.63, 3.8) is 0 Å². The highest BCUT2D eigenvalue weighted by Crippen LogP contribution is 2.38. The molecule has 0 spiro atoms. The highest BCUT2D eigenvalue weighted by molar-refractivity contribution is 7.89. The molecule has 0 unspecified atom stereocenters. The third-order valence-corrected chi connectivity index (χ3v) is 8.97. The van der Waals surface area contributed by atoms with Crippen molar-refractivity contribution in [3.8, 4) is 0 Å². The molecule has 8 nitrogen and oxygen atoms in total. The van der Waals surface area contributed by atoms with Gasteiger partial charge in [0.05, 0.1) is 23.5 Å². The van der Waals surface area contributed by atoms with Gasteiger partial charge in [-0.05, 0) is 32.1 Å². The normalized spacial score (nSPS) is 23.8. The van der Waals surface area contributed by atoms with Crippen LogP contribution in [0.2, 0.25) is 0 Å². The van der Waals surface area contributed by atoms with Crippen LogP contribution in [0.25, 0.3) is 0 Å². The van der Waals surface area contributed by atoms with Gasteiger partial charge in [-0.15, -0.1) is 0 Å². The lowest BCUT2D eigenvalue weighted by atomic mass is 10.0. The Morgan fingerprint density at radius 2 is 1.83 bits per heavy atom. The van der Waals surface area contributed by atoms with Crippen molar-refractivity contribution >= 4 is 21.7 Å². The van der Waals surface area contributed by atoms with Gasteiger partial charge in [0.25, 0.3) is 0 Å². The van der Waals surface area contributed by atoms with E-state index in [1.165, 1.54) is 0 Å². The summed E-state index contributed by atoms with van der Waals surface area (Å²) in [5.41, 5.74) is 1.87. The van der Waals surface area contributed by atoms with E-state index in [1.54, 1.807) is 16.1 Å². The van der Waals surface area contributed by atoms with Gasteiger partial charge in [-0.2, -0.15) is 4.31 Å². The second-order valence-electron chi connectivity index (χ2n) is 8.37. The van der Waals surface area contributed by atoms with Gasteiger partial charge in [0.2, 0.25) is 15.9 Å². The molecule has 160 valence electrons. The number of anilines is 1. The van der Waals surface area contributed by atoms with Gasteiger partial charge in [-0.1, -0.05) is 19.3 Å². The lowest BCUT2D eigenvalue weighted by molar-refractivity contribution is -0.129. The zero-order chi connectivity index (χ0) is 20.6. The van der Waals surface area contributed by atoms with Crippen LogP contribution < -0.4 is 5.32 Å². The minimum Gasteiger partial charge on any atom is -0.373 e. The van der Waals surface area contributed by atoms with E-state index in [-0.39, 0.29) is 17.2 Å². The monoisotopic (exact) mass is 421 g/mol. The van der Waals surface area contributed by atoms with Crippen LogP contribution in [0.1, 0.15) is 75.0 Å². The molecule has 0 bridgehead atoms.